The molecule has 1 aromatic carbocycles. The molecule has 0 aromatic heterocycles. The smallest absolute Gasteiger partial charge is 0.128 e. The fraction of sp³-hybridized carbons (Fsp3) is 0.571. The molecule has 0 aliphatic heterocycles. The van der Waals surface area contributed by atoms with Crippen LogP contribution in [-0.2, 0) is 0 Å². The van der Waals surface area contributed by atoms with Gasteiger partial charge in [-0.25, -0.2) is 4.39 Å². The van der Waals surface area contributed by atoms with Gasteiger partial charge in [0, 0.05) is 11.7 Å². The zero-order valence-electron chi connectivity index (χ0n) is 10.3. The van der Waals surface area contributed by atoms with E-state index in [0.717, 1.165) is 17.5 Å². The Labute approximate surface area is 97.1 Å². The van der Waals surface area contributed by atoms with Gasteiger partial charge in [0.25, 0.3) is 0 Å². The van der Waals surface area contributed by atoms with Crippen molar-refractivity contribution in [3.05, 3.63) is 29.6 Å². The summed E-state index contributed by atoms with van der Waals surface area (Å²) in [5, 5.41) is 3.39. The average molecular weight is 221 g/mol. The van der Waals surface area contributed by atoms with Crippen molar-refractivity contribution >= 4 is 5.69 Å². The molecule has 1 nitrogen and oxygen atoms in total. The number of hydrogen-bond donors (Lipinski definition) is 1. The summed E-state index contributed by atoms with van der Waals surface area (Å²) in [6, 6.07) is 5.92. The van der Waals surface area contributed by atoms with E-state index in [9.17, 15) is 4.39 Å². The van der Waals surface area contributed by atoms with E-state index in [2.05, 4.69) is 19.2 Å². The van der Waals surface area contributed by atoms with E-state index in [1.807, 2.05) is 12.1 Å². The number of halogens is 1. The highest BCUT2D eigenvalue weighted by Crippen LogP contribution is 2.35. The molecule has 0 unspecified atom stereocenters. The number of nitrogens with one attached hydrogen (secondary N) is 1. The summed E-state index contributed by atoms with van der Waals surface area (Å²) in [5.41, 5.74) is 1.62. The van der Waals surface area contributed by atoms with Gasteiger partial charge in [0.05, 0.1) is 0 Å². The third-order valence-electron chi connectivity index (χ3n) is 3.66. The highest BCUT2D eigenvalue weighted by atomic mass is 19.1. The molecule has 0 saturated heterocycles. The lowest BCUT2D eigenvalue weighted by Crippen LogP contribution is -2.37. The van der Waals surface area contributed by atoms with E-state index in [1.165, 1.54) is 12.8 Å². The van der Waals surface area contributed by atoms with Crippen molar-refractivity contribution in [2.24, 2.45) is 11.8 Å². The maximum Gasteiger partial charge on any atom is 0.128 e. The highest BCUT2D eigenvalue weighted by molar-refractivity contribution is 5.46. The predicted octanol–water partition coefficient (Wildman–Crippen LogP) is 3.98. The number of aryl methyl sites for hydroxylation is 1. The second-order valence-corrected chi connectivity index (χ2v) is 5.28. The molecule has 88 valence electrons. The number of anilines is 1. The quantitative estimate of drug-likeness (QED) is 0.814. The number of hydrogen-bond acceptors (Lipinski definition) is 1. The first-order valence-electron chi connectivity index (χ1n) is 6.09. The fourth-order valence-corrected chi connectivity index (χ4v) is 2.24. The van der Waals surface area contributed by atoms with Crippen LogP contribution in [0.2, 0.25) is 0 Å². The Kier molecular flexibility index (Phi) is 3.17. The molecule has 0 atom stereocenters. The topological polar surface area (TPSA) is 12.0 Å². The van der Waals surface area contributed by atoms with Crippen LogP contribution in [0.5, 0.6) is 0 Å². The van der Waals surface area contributed by atoms with Gasteiger partial charge in [0.15, 0.2) is 0 Å². The number of benzene rings is 1. The van der Waals surface area contributed by atoms with E-state index in [0.29, 0.717) is 11.6 Å². The highest BCUT2D eigenvalue weighted by Gasteiger charge is 2.30. The zero-order valence-corrected chi connectivity index (χ0v) is 10.3. The van der Waals surface area contributed by atoms with Crippen LogP contribution in [0.25, 0.3) is 0 Å². The SMILES string of the molecule is Cc1ccc(NC2CC(C(C)C)C2)cc1F. The van der Waals surface area contributed by atoms with Crippen LogP contribution in [0.3, 0.4) is 0 Å². The van der Waals surface area contributed by atoms with E-state index in [4.69, 9.17) is 0 Å². The van der Waals surface area contributed by atoms with Crippen LogP contribution in [0, 0.1) is 24.6 Å². The molecule has 2 heteroatoms. The summed E-state index contributed by atoms with van der Waals surface area (Å²) in [6.45, 7) is 6.33. The first-order chi connectivity index (χ1) is 7.56. The molecular formula is C14H20FN. The van der Waals surface area contributed by atoms with Gasteiger partial charge in [-0.3, -0.25) is 0 Å². The summed E-state index contributed by atoms with van der Waals surface area (Å²) in [4.78, 5) is 0. The minimum Gasteiger partial charge on any atom is -0.382 e. The van der Waals surface area contributed by atoms with Gasteiger partial charge >= 0.3 is 0 Å². The van der Waals surface area contributed by atoms with Gasteiger partial charge < -0.3 is 5.32 Å². The van der Waals surface area contributed by atoms with Gasteiger partial charge in [0.1, 0.15) is 5.82 Å². The molecule has 0 bridgehead atoms. The molecule has 0 radical (unpaired) electrons. The van der Waals surface area contributed by atoms with Crippen molar-refractivity contribution in [3.63, 3.8) is 0 Å². The summed E-state index contributed by atoms with van der Waals surface area (Å²) >= 11 is 0. The minimum absolute atomic E-state index is 0.121. The first kappa shape index (κ1) is 11.4. The summed E-state index contributed by atoms with van der Waals surface area (Å²) in [5.74, 6) is 1.49. The van der Waals surface area contributed by atoms with Gasteiger partial charge in [-0.05, 0) is 49.3 Å². The first-order valence-corrected chi connectivity index (χ1v) is 6.09. The second-order valence-electron chi connectivity index (χ2n) is 5.28. The normalized spacial score (nSPS) is 24.3. The summed E-state index contributed by atoms with van der Waals surface area (Å²) < 4.78 is 13.3. The Bertz CT molecular complexity index is 367. The molecule has 16 heavy (non-hydrogen) atoms. The molecule has 0 amide bonds. The van der Waals surface area contributed by atoms with Gasteiger partial charge in [-0.2, -0.15) is 0 Å². The number of rotatable bonds is 3. The predicted molar refractivity (Wildman–Crippen MR) is 66.1 cm³/mol. The lowest BCUT2D eigenvalue weighted by Gasteiger charge is -2.39. The van der Waals surface area contributed by atoms with Crippen LogP contribution in [-0.4, -0.2) is 6.04 Å². The van der Waals surface area contributed by atoms with Crippen LogP contribution in [0.1, 0.15) is 32.3 Å². The van der Waals surface area contributed by atoms with Gasteiger partial charge in [-0.1, -0.05) is 19.9 Å². The average Bonchev–Trinajstić information content (AvgIpc) is 2.15. The monoisotopic (exact) mass is 221 g/mol. The molecule has 1 aromatic rings. The largest absolute Gasteiger partial charge is 0.382 e. The van der Waals surface area contributed by atoms with Crippen molar-refractivity contribution in [2.45, 2.75) is 39.7 Å². The van der Waals surface area contributed by atoms with Crippen LogP contribution in [0.15, 0.2) is 18.2 Å². The van der Waals surface area contributed by atoms with Crippen LogP contribution < -0.4 is 5.32 Å². The van der Waals surface area contributed by atoms with Gasteiger partial charge in [0.2, 0.25) is 0 Å². The molecule has 2 rings (SSSR count). The summed E-state index contributed by atoms with van der Waals surface area (Å²) in [7, 11) is 0. The van der Waals surface area contributed by atoms with Crippen molar-refractivity contribution < 1.29 is 4.39 Å². The second kappa shape index (κ2) is 4.44. The van der Waals surface area contributed by atoms with Crippen molar-refractivity contribution in [1.82, 2.24) is 0 Å². The molecule has 1 aliphatic rings. The molecule has 1 N–H and O–H groups in total. The van der Waals surface area contributed by atoms with Crippen LogP contribution >= 0.6 is 0 Å². The fourth-order valence-electron chi connectivity index (χ4n) is 2.24. The lowest BCUT2D eigenvalue weighted by atomic mass is 9.73. The molecular weight excluding hydrogens is 201 g/mol. The standard InChI is InChI=1S/C14H20FN/c1-9(2)11-6-13(7-11)16-12-5-4-10(3)14(15)8-12/h4-5,8-9,11,13,16H,6-7H2,1-3H3. The minimum atomic E-state index is -0.121. The third kappa shape index (κ3) is 2.37. The van der Waals surface area contributed by atoms with Crippen molar-refractivity contribution in [1.29, 1.82) is 0 Å². The van der Waals surface area contributed by atoms with Crippen molar-refractivity contribution in [3.8, 4) is 0 Å². The Balaban J connectivity index is 1.89. The van der Waals surface area contributed by atoms with Crippen LogP contribution in [0.4, 0.5) is 10.1 Å². The maximum atomic E-state index is 13.3. The Morgan fingerprint density at radius 3 is 2.56 bits per heavy atom. The maximum absolute atomic E-state index is 13.3. The zero-order chi connectivity index (χ0) is 11.7. The van der Waals surface area contributed by atoms with Gasteiger partial charge in [-0.15, -0.1) is 0 Å². The van der Waals surface area contributed by atoms with E-state index in [-0.39, 0.29) is 5.82 Å². The molecule has 1 aliphatic carbocycles. The molecule has 0 spiro atoms. The molecule has 0 heterocycles. The third-order valence-corrected chi connectivity index (χ3v) is 3.66. The lowest BCUT2D eigenvalue weighted by molar-refractivity contribution is 0.212. The van der Waals surface area contributed by atoms with E-state index in [1.54, 1.807) is 13.0 Å². The Morgan fingerprint density at radius 2 is 2.00 bits per heavy atom. The Hall–Kier alpha value is -1.05. The molecule has 1 fully saturated rings. The van der Waals surface area contributed by atoms with E-state index >= 15 is 0 Å². The molecule has 1 saturated carbocycles. The summed E-state index contributed by atoms with van der Waals surface area (Å²) in [6.07, 6.45) is 2.43. The van der Waals surface area contributed by atoms with Crippen molar-refractivity contribution in [2.75, 3.05) is 5.32 Å². The van der Waals surface area contributed by atoms with E-state index < -0.39 is 0 Å². The Morgan fingerprint density at radius 1 is 1.31 bits per heavy atom.